The fraction of sp³-hybridized carbons (Fsp3) is 0.474. The maximum absolute atomic E-state index is 11.8. The number of aliphatic hydroxyl groups excluding tert-OH is 2. The Balaban J connectivity index is 1.17. The number of aliphatic carboxylic acids is 1. The summed E-state index contributed by atoms with van der Waals surface area (Å²) in [5.74, 6) is 0.723. The zero-order chi connectivity index (χ0) is 38.1. The van der Waals surface area contributed by atoms with Crippen LogP contribution in [0.3, 0.4) is 0 Å². The molecule has 0 saturated carbocycles. The second-order valence-electron chi connectivity index (χ2n) is 14.0. The van der Waals surface area contributed by atoms with Crippen LogP contribution < -0.4 is 29.6 Å². The van der Waals surface area contributed by atoms with Crippen molar-refractivity contribution in [1.82, 2.24) is 0 Å². The van der Waals surface area contributed by atoms with Crippen molar-refractivity contribution < 1.29 is 72.9 Å². The van der Waals surface area contributed by atoms with Crippen LogP contribution in [0.5, 0.6) is 34.5 Å². The molecule has 0 spiro atoms. The molecule has 3 aromatic carbocycles. The summed E-state index contributed by atoms with van der Waals surface area (Å²) >= 11 is 0. The fourth-order valence-corrected chi connectivity index (χ4v) is 7.13. The van der Waals surface area contributed by atoms with Gasteiger partial charge < -0.3 is 64.2 Å². The maximum atomic E-state index is 11.8. The SMILES string of the molecule is CC(C)Cc1c2c(cc3c1O[C@@H]1c4cc(OO[C@H]5[C@H](OCCN)O[C@H](COC(=O)CC(=O)O)[C@@H](O)[C@@H]5O)cc(Cc5ccc(O)cc5)c4OC[C@H]31)OCO2. The van der Waals surface area contributed by atoms with E-state index in [1.54, 1.807) is 36.4 Å². The molecule has 3 aromatic rings. The summed E-state index contributed by atoms with van der Waals surface area (Å²) in [4.78, 5) is 34.3. The third-order valence-corrected chi connectivity index (χ3v) is 9.58. The van der Waals surface area contributed by atoms with Gasteiger partial charge in [-0.2, -0.15) is 4.89 Å². The van der Waals surface area contributed by atoms with E-state index < -0.39 is 61.8 Å². The van der Waals surface area contributed by atoms with E-state index in [9.17, 15) is 24.9 Å². The number of fused-ring (bicyclic) bond motifs is 6. The Hall–Kier alpha value is -4.84. The number of hydrogen-bond donors (Lipinski definition) is 5. The van der Waals surface area contributed by atoms with Crippen LogP contribution in [0.4, 0.5) is 0 Å². The Morgan fingerprint density at radius 3 is 2.52 bits per heavy atom. The predicted molar refractivity (Wildman–Crippen MR) is 184 cm³/mol. The third kappa shape index (κ3) is 7.71. The van der Waals surface area contributed by atoms with Crippen LogP contribution in [-0.2, 0) is 41.5 Å². The molecular weight excluding hydrogens is 710 g/mol. The number of carboxylic acid groups (broad SMARTS) is 1. The molecule has 0 bridgehead atoms. The fourth-order valence-electron chi connectivity index (χ4n) is 7.13. The highest BCUT2D eigenvalue weighted by Gasteiger charge is 2.48. The summed E-state index contributed by atoms with van der Waals surface area (Å²) in [5.41, 5.74) is 9.83. The molecule has 0 radical (unpaired) electrons. The molecule has 4 heterocycles. The highest BCUT2D eigenvalue weighted by molar-refractivity contribution is 5.90. The quantitative estimate of drug-likeness (QED) is 0.0691. The number of aliphatic hydroxyl groups is 2. The van der Waals surface area contributed by atoms with Gasteiger partial charge in [0, 0.05) is 35.2 Å². The first-order chi connectivity index (χ1) is 26.0. The van der Waals surface area contributed by atoms with Crippen molar-refractivity contribution in [2.45, 2.75) is 75.8 Å². The number of ether oxygens (including phenoxy) is 7. The largest absolute Gasteiger partial charge is 0.508 e. The molecule has 7 atom stereocenters. The van der Waals surface area contributed by atoms with Crippen molar-refractivity contribution in [1.29, 1.82) is 0 Å². The van der Waals surface area contributed by atoms with Gasteiger partial charge in [0.25, 0.3) is 0 Å². The lowest BCUT2D eigenvalue weighted by atomic mass is 9.86. The molecule has 290 valence electrons. The average Bonchev–Trinajstić information content (AvgIpc) is 3.77. The van der Waals surface area contributed by atoms with Crippen LogP contribution in [0, 0.1) is 5.92 Å². The molecular formula is C38H43NO15. The van der Waals surface area contributed by atoms with E-state index in [1.807, 2.05) is 6.07 Å². The van der Waals surface area contributed by atoms with E-state index in [2.05, 4.69) is 13.8 Å². The number of benzene rings is 3. The van der Waals surface area contributed by atoms with Crippen LogP contribution in [0.25, 0.3) is 0 Å². The van der Waals surface area contributed by atoms with Crippen molar-refractivity contribution in [3.05, 3.63) is 70.3 Å². The lowest BCUT2D eigenvalue weighted by Crippen LogP contribution is -2.60. The summed E-state index contributed by atoms with van der Waals surface area (Å²) in [7, 11) is 0. The number of aromatic hydroxyl groups is 1. The van der Waals surface area contributed by atoms with Crippen LogP contribution in [-0.4, -0.2) is 96.2 Å². The first-order valence-corrected chi connectivity index (χ1v) is 17.7. The molecule has 1 fully saturated rings. The van der Waals surface area contributed by atoms with Crippen molar-refractivity contribution in [3.63, 3.8) is 0 Å². The average molecular weight is 754 g/mol. The van der Waals surface area contributed by atoms with Crippen LogP contribution >= 0.6 is 0 Å². The number of carboxylic acids is 1. The van der Waals surface area contributed by atoms with Gasteiger partial charge in [0.05, 0.1) is 19.1 Å². The van der Waals surface area contributed by atoms with E-state index in [0.29, 0.717) is 48.2 Å². The van der Waals surface area contributed by atoms with Crippen molar-refractivity contribution in [2.75, 3.05) is 33.2 Å². The minimum Gasteiger partial charge on any atom is -0.508 e. The number of carbonyl (C=O) groups is 2. The molecule has 4 aliphatic rings. The number of hydrogen-bond acceptors (Lipinski definition) is 15. The van der Waals surface area contributed by atoms with Gasteiger partial charge >= 0.3 is 11.9 Å². The zero-order valence-electron chi connectivity index (χ0n) is 29.7. The molecule has 0 unspecified atom stereocenters. The summed E-state index contributed by atoms with van der Waals surface area (Å²) in [6.45, 7) is 4.22. The first kappa shape index (κ1) is 37.5. The Kier molecular flexibility index (Phi) is 11.0. The number of nitrogens with two attached hydrogens (primary N) is 1. The van der Waals surface area contributed by atoms with Gasteiger partial charge in [-0.25, -0.2) is 0 Å². The van der Waals surface area contributed by atoms with Gasteiger partial charge in [0.15, 0.2) is 29.6 Å². The standard InChI is InChI=1S/C38H43NO15/c1-18(2)9-24-34-23(13-27-36(24)50-17-49-27)26-15-48-33-20(10-19-3-5-21(40)6-4-19)11-22(12-25(33)35(26)52-34)53-54-37-32(45)31(44)28(51-38(37)46-8-7-39)16-47-30(43)14-29(41)42/h3-6,11-13,18,26,28,31-32,35,37-38,40,44-45H,7-10,14-17,39H2,1-2H3,(H,41,42)/t26-,28-,31-,32+,35-,37-,38-/m1/s1. The maximum Gasteiger partial charge on any atom is 0.317 e. The van der Waals surface area contributed by atoms with Crippen molar-refractivity contribution in [2.24, 2.45) is 11.7 Å². The van der Waals surface area contributed by atoms with Crippen molar-refractivity contribution >= 4 is 11.9 Å². The number of carbonyl (C=O) groups excluding carboxylic acids is 1. The molecule has 0 amide bonds. The third-order valence-electron chi connectivity index (χ3n) is 9.58. The molecule has 0 aliphatic carbocycles. The topological polar surface area (TPSA) is 224 Å². The first-order valence-electron chi connectivity index (χ1n) is 17.7. The highest BCUT2D eigenvalue weighted by atomic mass is 17.2. The zero-order valence-corrected chi connectivity index (χ0v) is 29.7. The smallest absolute Gasteiger partial charge is 0.317 e. The van der Waals surface area contributed by atoms with Gasteiger partial charge in [-0.3, -0.25) is 9.59 Å². The van der Waals surface area contributed by atoms with E-state index in [-0.39, 0.29) is 37.4 Å². The Labute approximate surface area is 310 Å². The highest BCUT2D eigenvalue weighted by Crippen LogP contribution is 2.58. The van der Waals surface area contributed by atoms with Crippen molar-refractivity contribution in [3.8, 4) is 34.5 Å². The van der Waals surface area contributed by atoms with Crippen LogP contribution in [0.2, 0.25) is 0 Å². The normalized spacial score (nSPS) is 24.9. The molecule has 1 saturated heterocycles. The molecule has 6 N–H and O–H groups in total. The molecule has 16 heteroatoms. The summed E-state index contributed by atoms with van der Waals surface area (Å²) in [6.07, 6.45) is -7.60. The van der Waals surface area contributed by atoms with E-state index in [1.165, 1.54) is 0 Å². The lowest BCUT2D eigenvalue weighted by Gasteiger charge is -2.41. The predicted octanol–water partition coefficient (Wildman–Crippen LogP) is 2.64. The number of phenols is 1. The lowest BCUT2D eigenvalue weighted by molar-refractivity contribution is -0.372. The van der Waals surface area contributed by atoms with Gasteiger partial charge in [-0.1, -0.05) is 26.0 Å². The Morgan fingerprint density at radius 2 is 1.78 bits per heavy atom. The number of esters is 1. The summed E-state index contributed by atoms with van der Waals surface area (Å²) in [5, 5.41) is 40.8. The minimum atomic E-state index is -1.66. The molecule has 4 aliphatic heterocycles. The van der Waals surface area contributed by atoms with E-state index in [4.69, 9.17) is 53.8 Å². The number of phenolic OH excluding ortho intramolecular Hbond substituents is 1. The second-order valence-corrected chi connectivity index (χ2v) is 14.0. The second kappa shape index (κ2) is 15.9. The van der Waals surface area contributed by atoms with Gasteiger partial charge in [0.2, 0.25) is 6.79 Å². The number of rotatable bonds is 14. The molecule has 7 rings (SSSR count). The van der Waals surface area contributed by atoms with Crippen LogP contribution in [0.15, 0.2) is 42.5 Å². The summed E-state index contributed by atoms with van der Waals surface area (Å²) < 4.78 is 41.4. The Morgan fingerprint density at radius 1 is 0.981 bits per heavy atom. The van der Waals surface area contributed by atoms with E-state index >= 15 is 0 Å². The van der Waals surface area contributed by atoms with Crippen LogP contribution in [0.1, 0.15) is 60.1 Å². The molecule has 16 nitrogen and oxygen atoms in total. The molecule has 0 aromatic heterocycles. The van der Waals surface area contributed by atoms with Gasteiger partial charge in [-0.15, -0.1) is 0 Å². The minimum absolute atomic E-state index is 0.0227. The van der Waals surface area contributed by atoms with Gasteiger partial charge in [-0.05, 0) is 48.2 Å². The van der Waals surface area contributed by atoms with E-state index in [0.717, 1.165) is 28.0 Å². The monoisotopic (exact) mass is 753 g/mol. The van der Waals surface area contributed by atoms with Gasteiger partial charge in [0.1, 0.15) is 54.7 Å². The Bertz CT molecular complexity index is 1850. The molecule has 54 heavy (non-hydrogen) atoms. The summed E-state index contributed by atoms with van der Waals surface area (Å²) in [6, 6.07) is 12.2.